The maximum absolute atomic E-state index is 12.8. The summed E-state index contributed by atoms with van der Waals surface area (Å²) in [7, 11) is 4.14. The van der Waals surface area contributed by atoms with E-state index in [1.165, 1.54) is 9.78 Å². The van der Waals surface area contributed by atoms with Gasteiger partial charge in [-0.3, -0.25) is 19.5 Å². The van der Waals surface area contributed by atoms with Crippen molar-refractivity contribution in [1.29, 1.82) is 0 Å². The quantitative estimate of drug-likeness (QED) is 0.201. The Kier molecular flexibility index (Phi) is 6.77. The topological polar surface area (TPSA) is 77.0 Å². The Morgan fingerprint density at radius 3 is 2.52 bits per heavy atom. The van der Waals surface area contributed by atoms with Gasteiger partial charge in [0.15, 0.2) is 5.96 Å². The summed E-state index contributed by atoms with van der Waals surface area (Å²) in [5.74, 6) is 1.19. The van der Waals surface area contributed by atoms with E-state index in [-0.39, 0.29) is 41.5 Å². The number of hydrogen-bond acceptors (Lipinski definition) is 5. The monoisotopic (exact) mass is 443 g/mol. The van der Waals surface area contributed by atoms with E-state index in [2.05, 4.69) is 59.3 Å². The molecule has 2 fully saturated rings. The zero-order chi connectivity index (χ0) is 22.0. The molecule has 2 heterocycles. The first-order valence-corrected chi connectivity index (χ1v) is 12.1. The van der Waals surface area contributed by atoms with Gasteiger partial charge in [0.2, 0.25) is 11.8 Å². The highest BCUT2D eigenvalue weighted by atomic mass is 32.1. The van der Waals surface area contributed by atoms with Crippen molar-refractivity contribution in [3.63, 3.8) is 0 Å². The molecule has 2 amide bonds. The average molecular weight is 444 g/mol. The van der Waals surface area contributed by atoms with Gasteiger partial charge < -0.3 is 15.5 Å². The van der Waals surface area contributed by atoms with Gasteiger partial charge in [-0.15, -0.1) is 11.3 Å². The molecule has 2 aliphatic carbocycles. The first kappa shape index (κ1) is 22.0. The largest absolute Gasteiger partial charge is 0.357 e. The molecule has 3 aliphatic rings. The molecule has 7 nitrogen and oxygen atoms in total. The zero-order valence-corrected chi connectivity index (χ0v) is 19.4. The van der Waals surface area contributed by atoms with E-state index in [1.807, 2.05) is 6.92 Å². The Bertz CT molecular complexity index is 820. The van der Waals surface area contributed by atoms with Gasteiger partial charge in [0.1, 0.15) is 0 Å². The summed E-state index contributed by atoms with van der Waals surface area (Å²) in [5.41, 5.74) is 0. The molecule has 4 rings (SSSR count). The molecule has 31 heavy (non-hydrogen) atoms. The zero-order valence-electron chi connectivity index (χ0n) is 18.6. The Labute approximate surface area is 188 Å². The standard InChI is InChI=1S/C23H33N5O2S/c1-4-24-23(26-14-17(27(2)3)18-7-5-12-31-18)25-10-6-11-28-21(29)19-15-8-9-16(13-15)20(19)22(28)30/h5,7-9,12,15-17,19-20H,4,6,10-11,13-14H2,1-3H3,(H2,24,25,26). The number of amides is 2. The number of imide groups is 1. The van der Waals surface area contributed by atoms with E-state index in [1.54, 1.807) is 11.3 Å². The van der Waals surface area contributed by atoms with Crippen LogP contribution in [0.25, 0.3) is 0 Å². The summed E-state index contributed by atoms with van der Waals surface area (Å²) in [5, 5.41) is 8.74. The van der Waals surface area contributed by atoms with Crippen LogP contribution in [0.1, 0.15) is 30.7 Å². The first-order chi connectivity index (χ1) is 15.0. The number of nitrogens with zero attached hydrogens (tertiary/aromatic N) is 3. The second-order valence-electron chi connectivity index (χ2n) is 8.82. The second-order valence-corrected chi connectivity index (χ2v) is 9.80. The van der Waals surface area contributed by atoms with Crippen molar-refractivity contribution in [2.75, 3.05) is 40.3 Å². The number of rotatable bonds is 9. The highest BCUT2D eigenvalue weighted by Gasteiger charge is 2.58. The summed E-state index contributed by atoms with van der Waals surface area (Å²) in [4.78, 5) is 35.3. The molecule has 1 aromatic heterocycles. The molecule has 2 bridgehead atoms. The van der Waals surface area contributed by atoms with Crippen LogP contribution in [0.15, 0.2) is 34.7 Å². The Hall–Kier alpha value is -2.19. The van der Waals surface area contributed by atoms with Gasteiger partial charge in [-0.05, 0) is 57.1 Å². The highest BCUT2D eigenvalue weighted by Crippen LogP contribution is 2.52. The molecule has 0 radical (unpaired) electrons. The van der Waals surface area contributed by atoms with E-state index in [0.29, 0.717) is 26.1 Å². The van der Waals surface area contributed by atoms with Crippen LogP contribution in [-0.4, -0.2) is 67.8 Å². The van der Waals surface area contributed by atoms with Crippen LogP contribution in [0.4, 0.5) is 0 Å². The maximum atomic E-state index is 12.8. The lowest BCUT2D eigenvalue weighted by Crippen LogP contribution is -2.40. The normalized spacial score (nSPS) is 28.0. The molecule has 168 valence electrons. The number of allylic oxidation sites excluding steroid dienone is 2. The van der Waals surface area contributed by atoms with E-state index in [9.17, 15) is 9.59 Å². The molecule has 8 heteroatoms. The van der Waals surface area contributed by atoms with Crippen molar-refractivity contribution in [3.05, 3.63) is 34.5 Å². The van der Waals surface area contributed by atoms with Crippen LogP contribution in [0, 0.1) is 23.7 Å². The fraction of sp³-hybridized carbons (Fsp3) is 0.609. The van der Waals surface area contributed by atoms with Crippen LogP contribution in [0.2, 0.25) is 0 Å². The highest BCUT2D eigenvalue weighted by molar-refractivity contribution is 7.10. The minimum absolute atomic E-state index is 0.0391. The Morgan fingerprint density at radius 2 is 1.94 bits per heavy atom. The molecule has 5 unspecified atom stereocenters. The third kappa shape index (κ3) is 4.41. The van der Waals surface area contributed by atoms with Crippen molar-refractivity contribution >= 4 is 29.1 Å². The molecule has 1 saturated heterocycles. The van der Waals surface area contributed by atoms with Crippen LogP contribution in [-0.2, 0) is 9.59 Å². The smallest absolute Gasteiger partial charge is 0.233 e. The van der Waals surface area contributed by atoms with Crippen molar-refractivity contribution in [1.82, 2.24) is 20.4 Å². The minimum Gasteiger partial charge on any atom is -0.357 e. The summed E-state index contributed by atoms with van der Waals surface area (Å²) < 4.78 is 0. The lowest BCUT2D eigenvalue weighted by Gasteiger charge is -2.22. The number of likely N-dealkylation sites (N-methyl/N-ethyl adjacent to an activating group) is 1. The molecule has 5 atom stereocenters. The van der Waals surface area contributed by atoms with Crippen LogP contribution >= 0.6 is 11.3 Å². The van der Waals surface area contributed by atoms with Gasteiger partial charge in [0.25, 0.3) is 0 Å². The first-order valence-electron chi connectivity index (χ1n) is 11.3. The number of carbonyl (C=O) groups excluding carboxylic acids is 2. The lowest BCUT2D eigenvalue weighted by atomic mass is 9.85. The predicted molar refractivity (Wildman–Crippen MR) is 124 cm³/mol. The van der Waals surface area contributed by atoms with Crippen LogP contribution < -0.4 is 10.6 Å². The number of likely N-dealkylation sites (tertiary alicyclic amines) is 1. The van der Waals surface area contributed by atoms with E-state index in [0.717, 1.165) is 18.9 Å². The number of thiophene rings is 1. The Balaban J connectivity index is 1.28. The molecular formula is C23H33N5O2S. The fourth-order valence-electron chi connectivity index (χ4n) is 5.14. The number of aliphatic imine (C=N–C) groups is 1. The van der Waals surface area contributed by atoms with Gasteiger partial charge in [-0.2, -0.15) is 0 Å². The number of nitrogens with one attached hydrogen (secondary N) is 2. The van der Waals surface area contributed by atoms with Gasteiger partial charge in [0.05, 0.1) is 24.4 Å². The van der Waals surface area contributed by atoms with Crippen LogP contribution in [0.3, 0.4) is 0 Å². The summed E-state index contributed by atoms with van der Waals surface area (Å²) in [6, 6.07) is 4.45. The van der Waals surface area contributed by atoms with Gasteiger partial charge in [-0.25, -0.2) is 0 Å². The van der Waals surface area contributed by atoms with Crippen molar-refractivity contribution in [2.45, 2.75) is 25.8 Å². The molecule has 1 aliphatic heterocycles. The van der Waals surface area contributed by atoms with Crippen molar-refractivity contribution in [2.24, 2.45) is 28.7 Å². The predicted octanol–water partition coefficient (Wildman–Crippen LogP) is 2.10. The van der Waals surface area contributed by atoms with E-state index in [4.69, 9.17) is 4.99 Å². The fourth-order valence-corrected chi connectivity index (χ4v) is 6.05. The van der Waals surface area contributed by atoms with Crippen molar-refractivity contribution in [3.8, 4) is 0 Å². The molecule has 0 spiro atoms. The molecule has 0 aromatic carbocycles. The van der Waals surface area contributed by atoms with Gasteiger partial charge >= 0.3 is 0 Å². The summed E-state index contributed by atoms with van der Waals surface area (Å²) >= 11 is 1.75. The Morgan fingerprint density at radius 1 is 1.23 bits per heavy atom. The van der Waals surface area contributed by atoms with Crippen molar-refractivity contribution < 1.29 is 9.59 Å². The summed E-state index contributed by atoms with van der Waals surface area (Å²) in [6.45, 7) is 4.62. The molecule has 1 aromatic rings. The lowest BCUT2D eigenvalue weighted by molar-refractivity contribution is -0.140. The third-order valence-corrected chi connectivity index (χ3v) is 7.65. The van der Waals surface area contributed by atoms with Gasteiger partial charge in [-0.1, -0.05) is 18.2 Å². The van der Waals surface area contributed by atoms with E-state index < -0.39 is 0 Å². The number of guanidine groups is 1. The molecule has 2 N–H and O–H groups in total. The third-order valence-electron chi connectivity index (χ3n) is 6.67. The summed E-state index contributed by atoms with van der Waals surface area (Å²) in [6.07, 6.45) is 5.97. The number of fused-ring (bicyclic) bond motifs is 5. The SMILES string of the molecule is CCNC(=NCC(c1cccs1)N(C)C)NCCCN1C(=O)C2C3C=CC(C3)C2C1=O. The number of hydrogen-bond donors (Lipinski definition) is 2. The average Bonchev–Trinajstić information content (AvgIpc) is 3.52. The second kappa shape index (κ2) is 9.53. The molecular weight excluding hydrogens is 410 g/mol. The molecule has 1 saturated carbocycles. The van der Waals surface area contributed by atoms with Crippen LogP contribution in [0.5, 0.6) is 0 Å². The van der Waals surface area contributed by atoms with Gasteiger partial charge in [0, 0.05) is 24.5 Å². The number of carbonyl (C=O) groups is 2. The van der Waals surface area contributed by atoms with E-state index >= 15 is 0 Å². The minimum atomic E-state index is -0.102. The maximum Gasteiger partial charge on any atom is 0.233 e.